The van der Waals surface area contributed by atoms with E-state index < -0.39 is 5.60 Å². The summed E-state index contributed by atoms with van der Waals surface area (Å²) < 4.78 is 13.5. The van der Waals surface area contributed by atoms with Gasteiger partial charge in [0.1, 0.15) is 5.82 Å². The number of halogens is 1. The van der Waals surface area contributed by atoms with Gasteiger partial charge in [0.25, 0.3) is 0 Å². The van der Waals surface area contributed by atoms with E-state index in [1.807, 2.05) is 24.9 Å². The maximum absolute atomic E-state index is 13.5. The Morgan fingerprint density at radius 2 is 2.24 bits per heavy atom. The predicted octanol–water partition coefficient (Wildman–Crippen LogP) is 1.51. The molecule has 1 aliphatic rings. The second-order valence-electron chi connectivity index (χ2n) is 5.02. The number of benzene rings is 1. The van der Waals surface area contributed by atoms with Crippen LogP contribution in [0, 0.1) is 5.82 Å². The van der Waals surface area contributed by atoms with Crippen LogP contribution in [-0.2, 0) is 6.54 Å². The van der Waals surface area contributed by atoms with Crippen LogP contribution in [0.2, 0.25) is 0 Å². The largest absolute Gasteiger partial charge is 0.388 e. The fourth-order valence-electron chi connectivity index (χ4n) is 2.29. The summed E-state index contributed by atoms with van der Waals surface area (Å²) in [6.45, 7) is 3.81. The van der Waals surface area contributed by atoms with Gasteiger partial charge in [-0.2, -0.15) is 0 Å². The highest BCUT2D eigenvalue weighted by Gasteiger charge is 2.31. The van der Waals surface area contributed by atoms with Crippen LogP contribution in [-0.4, -0.2) is 30.8 Å². The van der Waals surface area contributed by atoms with Gasteiger partial charge in [-0.15, -0.1) is 0 Å². The van der Waals surface area contributed by atoms with Crippen LogP contribution in [0.5, 0.6) is 0 Å². The second kappa shape index (κ2) is 4.63. The van der Waals surface area contributed by atoms with Crippen molar-refractivity contribution < 1.29 is 9.50 Å². The topological polar surface area (TPSA) is 35.5 Å². The molecular formula is C13H19FN2O. The molecule has 1 saturated heterocycles. The number of β-amino-alcohol motifs (C(OH)–C–C–N with tert-alkyl or cyclic N) is 1. The van der Waals surface area contributed by atoms with Crippen LogP contribution in [0.4, 0.5) is 10.1 Å². The minimum absolute atomic E-state index is 0.223. The number of hydrogen-bond donors (Lipinski definition) is 2. The Kier molecular flexibility index (Phi) is 3.35. The molecule has 94 valence electrons. The summed E-state index contributed by atoms with van der Waals surface area (Å²) >= 11 is 0. The molecule has 2 rings (SSSR count). The average Bonchev–Trinajstić information content (AvgIpc) is 2.58. The summed E-state index contributed by atoms with van der Waals surface area (Å²) in [5.74, 6) is -0.223. The van der Waals surface area contributed by atoms with E-state index >= 15 is 0 Å². The third-order valence-corrected chi connectivity index (χ3v) is 3.14. The molecule has 1 aromatic rings. The Morgan fingerprint density at radius 3 is 2.82 bits per heavy atom. The zero-order valence-corrected chi connectivity index (χ0v) is 10.3. The lowest BCUT2D eigenvalue weighted by Crippen LogP contribution is -2.29. The number of nitrogens with zero attached hydrogens (tertiary/aromatic N) is 1. The molecule has 0 saturated carbocycles. The highest BCUT2D eigenvalue weighted by molar-refractivity contribution is 5.50. The van der Waals surface area contributed by atoms with Crippen molar-refractivity contribution in [1.82, 2.24) is 5.32 Å². The molecular weight excluding hydrogens is 219 g/mol. The number of nitrogens with one attached hydrogen (secondary N) is 1. The second-order valence-corrected chi connectivity index (χ2v) is 5.02. The van der Waals surface area contributed by atoms with Crippen molar-refractivity contribution in [2.75, 3.05) is 25.0 Å². The highest BCUT2D eigenvalue weighted by atomic mass is 19.1. The monoisotopic (exact) mass is 238 g/mol. The molecule has 4 heteroatoms. The van der Waals surface area contributed by atoms with Crippen LogP contribution in [0.1, 0.15) is 18.9 Å². The third kappa shape index (κ3) is 2.96. The Balaban J connectivity index is 2.21. The molecule has 0 radical (unpaired) electrons. The fraction of sp³-hybridized carbons (Fsp3) is 0.538. The van der Waals surface area contributed by atoms with Crippen LogP contribution in [0.3, 0.4) is 0 Å². The summed E-state index contributed by atoms with van der Waals surface area (Å²) in [6.07, 6.45) is 0.727. The van der Waals surface area contributed by atoms with Crippen molar-refractivity contribution in [2.45, 2.75) is 25.5 Å². The Hall–Kier alpha value is -1.13. The van der Waals surface area contributed by atoms with Gasteiger partial charge in [0.15, 0.2) is 0 Å². The van der Waals surface area contributed by atoms with E-state index in [0.29, 0.717) is 13.1 Å². The van der Waals surface area contributed by atoms with Crippen LogP contribution < -0.4 is 10.2 Å². The lowest BCUT2D eigenvalue weighted by atomic mass is 10.1. The first-order chi connectivity index (χ1) is 8.00. The van der Waals surface area contributed by atoms with Gasteiger partial charge in [-0.05, 0) is 44.2 Å². The zero-order valence-electron chi connectivity index (χ0n) is 10.3. The summed E-state index contributed by atoms with van der Waals surface area (Å²) in [5, 5.41) is 12.9. The molecule has 3 nitrogen and oxygen atoms in total. The van der Waals surface area contributed by atoms with Gasteiger partial charge in [0.2, 0.25) is 0 Å². The van der Waals surface area contributed by atoms with Gasteiger partial charge < -0.3 is 15.3 Å². The number of rotatable bonds is 3. The molecule has 1 aromatic carbocycles. The lowest BCUT2D eigenvalue weighted by molar-refractivity contribution is 0.0839. The first-order valence-corrected chi connectivity index (χ1v) is 5.91. The van der Waals surface area contributed by atoms with E-state index in [4.69, 9.17) is 0 Å². The molecule has 0 bridgehead atoms. The van der Waals surface area contributed by atoms with E-state index in [2.05, 4.69) is 5.32 Å². The minimum atomic E-state index is -0.657. The minimum Gasteiger partial charge on any atom is -0.388 e. The van der Waals surface area contributed by atoms with E-state index in [1.54, 1.807) is 0 Å². The molecule has 0 spiro atoms. The molecule has 2 N–H and O–H groups in total. The maximum atomic E-state index is 13.5. The maximum Gasteiger partial charge on any atom is 0.125 e. The first-order valence-electron chi connectivity index (χ1n) is 5.91. The Bertz CT molecular complexity index is 406. The van der Waals surface area contributed by atoms with Gasteiger partial charge in [-0.1, -0.05) is 0 Å². The number of hydrogen-bond acceptors (Lipinski definition) is 3. The quantitative estimate of drug-likeness (QED) is 0.838. The van der Waals surface area contributed by atoms with Crippen molar-refractivity contribution in [3.63, 3.8) is 0 Å². The van der Waals surface area contributed by atoms with Crippen LogP contribution >= 0.6 is 0 Å². The predicted molar refractivity (Wildman–Crippen MR) is 66.6 cm³/mol. The first kappa shape index (κ1) is 12.3. The Labute approximate surface area is 101 Å². The fourth-order valence-corrected chi connectivity index (χ4v) is 2.29. The average molecular weight is 238 g/mol. The van der Waals surface area contributed by atoms with E-state index in [1.165, 1.54) is 12.1 Å². The molecule has 1 fully saturated rings. The highest BCUT2D eigenvalue weighted by Crippen LogP contribution is 2.27. The van der Waals surface area contributed by atoms with Gasteiger partial charge >= 0.3 is 0 Å². The zero-order chi connectivity index (χ0) is 12.5. The van der Waals surface area contributed by atoms with Crippen molar-refractivity contribution in [1.29, 1.82) is 0 Å². The van der Waals surface area contributed by atoms with E-state index in [-0.39, 0.29) is 5.82 Å². The van der Waals surface area contributed by atoms with E-state index in [9.17, 15) is 9.50 Å². The third-order valence-electron chi connectivity index (χ3n) is 3.14. The molecule has 0 aliphatic carbocycles. The van der Waals surface area contributed by atoms with Gasteiger partial charge in [-0.25, -0.2) is 4.39 Å². The lowest BCUT2D eigenvalue weighted by Gasteiger charge is -2.21. The number of aliphatic hydroxyl groups is 1. The molecule has 1 unspecified atom stereocenters. The van der Waals surface area contributed by atoms with Crippen molar-refractivity contribution in [3.8, 4) is 0 Å². The summed E-state index contributed by atoms with van der Waals surface area (Å²) in [4.78, 5) is 2.03. The summed E-state index contributed by atoms with van der Waals surface area (Å²) in [5.41, 5.74) is 1.12. The van der Waals surface area contributed by atoms with Crippen LogP contribution in [0.25, 0.3) is 0 Å². The van der Waals surface area contributed by atoms with Gasteiger partial charge in [-0.3, -0.25) is 0 Å². The molecule has 1 aliphatic heterocycles. The van der Waals surface area contributed by atoms with Gasteiger partial charge in [0, 0.05) is 25.3 Å². The van der Waals surface area contributed by atoms with E-state index in [0.717, 1.165) is 24.2 Å². The molecule has 1 heterocycles. The standard InChI is InChI=1S/C13H19FN2O/c1-13(17)3-4-16(9-13)12-6-10(8-15-2)5-11(14)7-12/h5-7,15,17H,3-4,8-9H2,1-2H3. The smallest absolute Gasteiger partial charge is 0.125 e. The normalized spacial score (nSPS) is 24.4. The van der Waals surface area contributed by atoms with Crippen molar-refractivity contribution in [3.05, 3.63) is 29.6 Å². The molecule has 0 aromatic heterocycles. The molecule has 1 atom stereocenters. The Morgan fingerprint density at radius 1 is 1.47 bits per heavy atom. The van der Waals surface area contributed by atoms with Crippen molar-refractivity contribution in [2.24, 2.45) is 0 Å². The summed E-state index contributed by atoms with van der Waals surface area (Å²) in [7, 11) is 1.84. The van der Waals surface area contributed by atoms with Crippen LogP contribution in [0.15, 0.2) is 18.2 Å². The van der Waals surface area contributed by atoms with Crippen molar-refractivity contribution >= 4 is 5.69 Å². The molecule has 0 amide bonds. The molecule has 17 heavy (non-hydrogen) atoms. The SMILES string of the molecule is CNCc1cc(F)cc(N2CCC(C)(O)C2)c1. The summed E-state index contributed by atoms with van der Waals surface area (Å²) in [6, 6.07) is 5.04. The van der Waals surface area contributed by atoms with Gasteiger partial charge in [0.05, 0.1) is 5.60 Å². The number of anilines is 1.